The molecule has 90 valence electrons. The van der Waals surface area contributed by atoms with Gasteiger partial charge in [0.15, 0.2) is 0 Å². The molecule has 2 aliphatic rings. The Morgan fingerprint density at radius 1 is 1.19 bits per heavy atom. The highest BCUT2D eigenvalue weighted by molar-refractivity contribution is 7.80. The van der Waals surface area contributed by atoms with Crippen molar-refractivity contribution in [2.45, 2.75) is 57.4 Å². The second-order valence-corrected chi connectivity index (χ2v) is 5.96. The van der Waals surface area contributed by atoms with Crippen molar-refractivity contribution in [3.05, 3.63) is 0 Å². The van der Waals surface area contributed by atoms with E-state index in [0.29, 0.717) is 4.99 Å². The maximum atomic E-state index is 12.3. The van der Waals surface area contributed by atoms with Gasteiger partial charge in [-0.3, -0.25) is 4.79 Å². The molecule has 2 aliphatic carbocycles. The molecule has 3 nitrogen and oxygen atoms in total. The van der Waals surface area contributed by atoms with E-state index in [2.05, 4.69) is 12.2 Å². The molecule has 4 heteroatoms. The summed E-state index contributed by atoms with van der Waals surface area (Å²) in [6, 6.07) is 0. The molecule has 0 heterocycles. The summed E-state index contributed by atoms with van der Waals surface area (Å²) < 4.78 is 0. The van der Waals surface area contributed by atoms with Crippen LogP contribution in [0.1, 0.15) is 51.9 Å². The van der Waals surface area contributed by atoms with Gasteiger partial charge in [0.1, 0.15) is 0 Å². The first kappa shape index (κ1) is 11.8. The Morgan fingerprint density at radius 2 is 1.75 bits per heavy atom. The molecule has 2 saturated carbocycles. The van der Waals surface area contributed by atoms with Crippen molar-refractivity contribution in [2.75, 3.05) is 0 Å². The number of hydrogen-bond acceptors (Lipinski definition) is 2. The van der Waals surface area contributed by atoms with Crippen molar-refractivity contribution in [3.8, 4) is 0 Å². The first-order valence-electron chi connectivity index (χ1n) is 6.11. The highest BCUT2D eigenvalue weighted by Crippen LogP contribution is 2.40. The minimum absolute atomic E-state index is 0.0202. The first-order chi connectivity index (χ1) is 7.49. The van der Waals surface area contributed by atoms with E-state index in [1.807, 2.05) is 0 Å². The predicted octanol–water partition coefficient (Wildman–Crippen LogP) is 1.89. The molecule has 0 aromatic rings. The lowest BCUT2D eigenvalue weighted by atomic mass is 9.73. The van der Waals surface area contributed by atoms with Crippen LogP contribution in [0.25, 0.3) is 0 Å². The van der Waals surface area contributed by atoms with Crippen LogP contribution in [0.5, 0.6) is 0 Å². The van der Waals surface area contributed by atoms with Crippen LogP contribution in [-0.4, -0.2) is 16.4 Å². The van der Waals surface area contributed by atoms with Crippen molar-refractivity contribution in [2.24, 2.45) is 11.1 Å². The molecule has 3 N–H and O–H groups in total. The van der Waals surface area contributed by atoms with E-state index in [4.69, 9.17) is 18.0 Å². The van der Waals surface area contributed by atoms with Gasteiger partial charge in [0.25, 0.3) is 0 Å². The van der Waals surface area contributed by atoms with Gasteiger partial charge in [-0.25, -0.2) is 0 Å². The smallest absolute Gasteiger partial charge is 0.233 e. The van der Waals surface area contributed by atoms with Gasteiger partial charge >= 0.3 is 0 Å². The van der Waals surface area contributed by atoms with Crippen LogP contribution in [-0.2, 0) is 4.79 Å². The topological polar surface area (TPSA) is 55.1 Å². The highest BCUT2D eigenvalue weighted by Gasteiger charge is 2.47. The molecule has 0 aliphatic heterocycles. The maximum absolute atomic E-state index is 12.3. The molecule has 0 saturated heterocycles. The summed E-state index contributed by atoms with van der Waals surface area (Å²) in [4.78, 5) is 12.7. The number of amides is 1. The van der Waals surface area contributed by atoms with Crippen LogP contribution in [0.4, 0.5) is 0 Å². The van der Waals surface area contributed by atoms with Gasteiger partial charge in [-0.05, 0) is 32.6 Å². The van der Waals surface area contributed by atoms with E-state index in [9.17, 15) is 4.79 Å². The van der Waals surface area contributed by atoms with Crippen LogP contribution in [0.3, 0.4) is 0 Å². The van der Waals surface area contributed by atoms with E-state index in [1.54, 1.807) is 0 Å². The van der Waals surface area contributed by atoms with Crippen LogP contribution in [0.15, 0.2) is 0 Å². The SMILES string of the molecule is CC1(NC(=O)C2(C(N)=S)CCCCC2)CC1. The monoisotopic (exact) mass is 240 g/mol. The number of hydrogen-bond donors (Lipinski definition) is 2. The second kappa shape index (κ2) is 3.99. The summed E-state index contributed by atoms with van der Waals surface area (Å²) >= 11 is 5.13. The summed E-state index contributed by atoms with van der Waals surface area (Å²) in [5, 5.41) is 3.12. The van der Waals surface area contributed by atoms with Crippen molar-refractivity contribution < 1.29 is 4.79 Å². The molecule has 16 heavy (non-hydrogen) atoms. The minimum atomic E-state index is -0.556. The quantitative estimate of drug-likeness (QED) is 0.741. The molecule has 0 bridgehead atoms. The Kier molecular flexibility index (Phi) is 2.95. The molecular formula is C12H20N2OS. The zero-order chi connectivity index (χ0) is 11.8. The third-order valence-corrected chi connectivity index (χ3v) is 4.42. The Labute approximate surface area is 102 Å². The summed E-state index contributed by atoms with van der Waals surface area (Å²) in [5.74, 6) is 0.0692. The standard InChI is InChI=1S/C12H20N2OS/c1-11(7-8-11)14-10(15)12(9(13)16)5-3-2-4-6-12/h2-8H2,1H3,(H2,13,16)(H,14,15). The Balaban J connectivity index is 2.11. The summed E-state index contributed by atoms with van der Waals surface area (Å²) in [6.07, 6.45) is 7.10. The zero-order valence-corrected chi connectivity index (χ0v) is 10.7. The lowest BCUT2D eigenvalue weighted by Gasteiger charge is -2.35. The summed E-state index contributed by atoms with van der Waals surface area (Å²) in [5.41, 5.74) is 5.28. The zero-order valence-electron chi connectivity index (χ0n) is 9.84. The van der Waals surface area contributed by atoms with Crippen molar-refractivity contribution in [1.29, 1.82) is 0 Å². The number of carbonyl (C=O) groups excluding carboxylic acids is 1. The molecule has 0 atom stereocenters. The van der Waals surface area contributed by atoms with E-state index < -0.39 is 5.41 Å². The van der Waals surface area contributed by atoms with E-state index in [0.717, 1.165) is 38.5 Å². The highest BCUT2D eigenvalue weighted by atomic mass is 32.1. The number of rotatable bonds is 3. The summed E-state index contributed by atoms with van der Waals surface area (Å²) in [7, 11) is 0. The van der Waals surface area contributed by atoms with Crippen LogP contribution in [0, 0.1) is 5.41 Å². The number of thiocarbonyl (C=S) groups is 1. The average Bonchev–Trinajstić information content (AvgIpc) is 2.96. The third kappa shape index (κ3) is 2.08. The van der Waals surface area contributed by atoms with Gasteiger partial charge in [0.2, 0.25) is 5.91 Å². The second-order valence-electron chi connectivity index (χ2n) is 5.52. The molecule has 0 unspecified atom stereocenters. The first-order valence-corrected chi connectivity index (χ1v) is 6.52. The van der Waals surface area contributed by atoms with E-state index in [1.165, 1.54) is 6.42 Å². The van der Waals surface area contributed by atoms with Crippen molar-refractivity contribution >= 4 is 23.1 Å². The third-order valence-electron chi connectivity index (χ3n) is 4.03. The Morgan fingerprint density at radius 3 is 2.19 bits per heavy atom. The largest absolute Gasteiger partial charge is 0.392 e. The van der Waals surface area contributed by atoms with Crippen LogP contribution >= 0.6 is 12.2 Å². The molecule has 2 rings (SSSR count). The summed E-state index contributed by atoms with van der Waals surface area (Å²) in [6.45, 7) is 2.08. The minimum Gasteiger partial charge on any atom is -0.392 e. The van der Waals surface area contributed by atoms with Gasteiger partial charge in [-0.15, -0.1) is 0 Å². The predicted molar refractivity (Wildman–Crippen MR) is 68.1 cm³/mol. The van der Waals surface area contributed by atoms with Crippen molar-refractivity contribution in [3.63, 3.8) is 0 Å². The Bertz CT molecular complexity index is 317. The van der Waals surface area contributed by atoms with E-state index in [-0.39, 0.29) is 11.4 Å². The molecule has 0 spiro atoms. The van der Waals surface area contributed by atoms with Crippen LogP contribution < -0.4 is 11.1 Å². The fourth-order valence-electron chi connectivity index (χ4n) is 2.45. The van der Waals surface area contributed by atoms with Gasteiger partial charge in [0.05, 0.1) is 10.4 Å². The van der Waals surface area contributed by atoms with Gasteiger partial charge in [-0.2, -0.15) is 0 Å². The molecule has 0 aromatic heterocycles. The van der Waals surface area contributed by atoms with Gasteiger partial charge < -0.3 is 11.1 Å². The van der Waals surface area contributed by atoms with Crippen molar-refractivity contribution in [1.82, 2.24) is 5.32 Å². The number of nitrogens with two attached hydrogens (primary N) is 1. The maximum Gasteiger partial charge on any atom is 0.233 e. The van der Waals surface area contributed by atoms with Crippen LogP contribution in [0.2, 0.25) is 0 Å². The average molecular weight is 240 g/mol. The molecule has 0 radical (unpaired) electrons. The lowest BCUT2D eigenvalue weighted by molar-refractivity contribution is -0.129. The van der Waals surface area contributed by atoms with Gasteiger partial charge in [0, 0.05) is 5.54 Å². The molecular weight excluding hydrogens is 220 g/mol. The number of nitrogens with one attached hydrogen (secondary N) is 1. The fraction of sp³-hybridized carbons (Fsp3) is 0.833. The molecule has 2 fully saturated rings. The normalized spacial score (nSPS) is 25.8. The molecule has 1 amide bonds. The lowest BCUT2D eigenvalue weighted by Crippen LogP contribution is -2.52. The fourth-order valence-corrected chi connectivity index (χ4v) is 2.74. The molecule has 0 aromatic carbocycles. The van der Waals surface area contributed by atoms with E-state index >= 15 is 0 Å². The Hall–Kier alpha value is -0.640. The number of carbonyl (C=O) groups is 1. The van der Waals surface area contributed by atoms with Gasteiger partial charge in [-0.1, -0.05) is 31.5 Å².